The fourth-order valence-electron chi connectivity index (χ4n) is 2.17. The first kappa shape index (κ1) is 15.3. The van der Waals surface area contributed by atoms with Crippen molar-refractivity contribution in [2.24, 2.45) is 5.92 Å². The summed E-state index contributed by atoms with van der Waals surface area (Å²) in [6.07, 6.45) is 0. The molecule has 1 aromatic rings. The molecule has 0 radical (unpaired) electrons. The molecule has 20 heavy (non-hydrogen) atoms. The Kier molecular flexibility index (Phi) is 5.43. The summed E-state index contributed by atoms with van der Waals surface area (Å²) in [7, 11) is -1.03. The van der Waals surface area contributed by atoms with Crippen molar-refractivity contribution in [3.8, 4) is 11.5 Å². The van der Waals surface area contributed by atoms with Gasteiger partial charge in [0.2, 0.25) is 0 Å². The third-order valence-corrected chi connectivity index (χ3v) is 4.82. The molecular formula is C15H23NO3S. The van der Waals surface area contributed by atoms with Gasteiger partial charge in [-0.3, -0.25) is 4.21 Å². The summed E-state index contributed by atoms with van der Waals surface area (Å²) in [5.41, 5.74) is 0. The van der Waals surface area contributed by atoms with Crippen LogP contribution in [0.5, 0.6) is 11.5 Å². The summed E-state index contributed by atoms with van der Waals surface area (Å²) in [6.45, 7) is 8.38. The van der Waals surface area contributed by atoms with Crippen molar-refractivity contribution >= 4 is 10.8 Å². The fraction of sp³-hybridized carbons (Fsp3) is 0.600. The summed E-state index contributed by atoms with van der Waals surface area (Å²) >= 11 is 0. The van der Waals surface area contributed by atoms with Gasteiger partial charge in [-0.25, -0.2) is 0 Å². The average molecular weight is 297 g/mol. The standard InChI is InChI=1S/C15H23NO3S/c1-4-16-13(11(2)3)10-20(17)12-5-6-14-15(9-12)19-8-7-18-14/h5-6,9,11,13,16H,4,7-8,10H2,1-3H3. The Hall–Kier alpha value is -1.07. The van der Waals surface area contributed by atoms with E-state index in [0.29, 0.717) is 30.6 Å². The lowest BCUT2D eigenvalue weighted by atomic mass is 10.1. The van der Waals surface area contributed by atoms with Crippen molar-refractivity contribution in [1.29, 1.82) is 0 Å². The minimum absolute atomic E-state index is 0.258. The molecule has 4 nitrogen and oxygen atoms in total. The van der Waals surface area contributed by atoms with E-state index >= 15 is 0 Å². The monoisotopic (exact) mass is 297 g/mol. The van der Waals surface area contributed by atoms with E-state index in [2.05, 4.69) is 26.1 Å². The Morgan fingerprint density at radius 2 is 1.95 bits per heavy atom. The molecule has 5 heteroatoms. The molecule has 1 aliphatic rings. The zero-order chi connectivity index (χ0) is 14.5. The molecule has 0 amide bonds. The van der Waals surface area contributed by atoms with Crippen molar-refractivity contribution in [2.75, 3.05) is 25.5 Å². The van der Waals surface area contributed by atoms with Crippen LogP contribution in [0.2, 0.25) is 0 Å². The molecule has 112 valence electrons. The molecule has 0 fully saturated rings. The molecule has 1 aliphatic heterocycles. The molecule has 1 N–H and O–H groups in total. The van der Waals surface area contributed by atoms with Gasteiger partial charge in [0.05, 0.1) is 10.8 Å². The molecule has 0 aliphatic carbocycles. The lowest BCUT2D eigenvalue weighted by molar-refractivity contribution is 0.171. The first-order chi connectivity index (χ1) is 9.61. The highest BCUT2D eigenvalue weighted by Crippen LogP contribution is 2.31. The quantitative estimate of drug-likeness (QED) is 0.874. The van der Waals surface area contributed by atoms with E-state index < -0.39 is 10.8 Å². The van der Waals surface area contributed by atoms with Gasteiger partial charge in [0, 0.05) is 22.8 Å². The number of hydrogen-bond donors (Lipinski definition) is 1. The van der Waals surface area contributed by atoms with Gasteiger partial charge in [-0.15, -0.1) is 0 Å². The number of benzene rings is 1. The SMILES string of the molecule is CCNC(CS(=O)c1ccc2c(c1)OCCO2)C(C)C. The largest absolute Gasteiger partial charge is 0.486 e. The number of fused-ring (bicyclic) bond motifs is 1. The third-order valence-electron chi connectivity index (χ3n) is 3.38. The summed E-state index contributed by atoms with van der Waals surface area (Å²) in [6, 6.07) is 5.81. The third kappa shape index (κ3) is 3.73. The second-order valence-corrected chi connectivity index (χ2v) is 6.72. The van der Waals surface area contributed by atoms with Gasteiger partial charge < -0.3 is 14.8 Å². The van der Waals surface area contributed by atoms with Gasteiger partial charge in [-0.2, -0.15) is 0 Å². The molecule has 1 heterocycles. The normalized spacial score (nSPS) is 17.0. The molecular weight excluding hydrogens is 274 g/mol. The molecule has 2 rings (SSSR count). The van der Waals surface area contributed by atoms with Crippen LogP contribution in [0.15, 0.2) is 23.1 Å². The number of nitrogens with one attached hydrogen (secondary N) is 1. The van der Waals surface area contributed by atoms with Crippen LogP contribution in [0.25, 0.3) is 0 Å². The van der Waals surface area contributed by atoms with Crippen LogP contribution < -0.4 is 14.8 Å². The highest BCUT2D eigenvalue weighted by Gasteiger charge is 2.19. The average Bonchev–Trinajstić information content (AvgIpc) is 2.46. The van der Waals surface area contributed by atoms with E-state index in [1.807, 2.05) is 18.2 Å². The smallest absolute Gasteiger partial charge is 0.162 e. The lowest BCUT2D eigenvalue weighted by Crippen LogP contribution is -2.38. The maximum atomic E-state index is 12.5. The van der Waals surface area contributed by atoms with Crippen LogP contribution >= 0.6 is 0 Å². The maximum Gasteiger partial charge on any atom is 0.162 e. The Morgan fingerprint density at radius 1 is 1.25 bits per heavy atom. The van der Waals surface area contributed by atoms with Crippen LogP contribution in [0.4, 0.5) is 0 Å². The van der Waals surface area contributed by atoms with Crippen LogP contribution in [0.1, 0.15) is 20.8 Å². The van der Waals surface area contributed by atoms with E-state index in [9.17, 15) is 4.21 Å². The van der Waals surface area contributed by atoms with Gasteiger partial charge in [-0.05, 0) is 24.6 Å². The molecule has 1 aromatic carbocycles. The maximum absolute atomic E-state index is 12.5. The van der Waals surface area contributed by atoms with Crippen molar-refractivity contribution in [2.45, 2.75) is 31.7 Å². The van der Waals surface area contributed by atoms with Crippen LogP contribution in [-0.2, 0) is 10.8 Å². The van der Waals surface area contributed by atoms with E-state index in [1.165, 1.54) is 0 Å². The number of rotatable bonds is 6. The Bertz CT molecular complexity index is 476. The van der Waals surface area contributed by atoms with Gasteiger partial charge in [0.15, 0.2) is 11.5 Å². The van der Waals surface area contributed by atoms with Crippen molar-refractivity contribution < 1.29 is 13.7 Å². The molecule has 0 spiro atoms. The molecule has 0 aromatic heterocycles. The van der Waals surface area contributed by atoms with Crippen molar-refractivity contribution in [3.63, 3.8) is 0 Å². The Morgan fingerprint density at radius 3 is 2.60 bits per heavy atom. The van der Waals surface area contributed by atoms with Gasteiger partial charge >= 0.3 is 0 Å². The zero-order valence-electron chi connectivity index (χ0n) is 12.3. The van der Waals surface area contributed by atoms with Crippen LogP contribution in [-0.4, -0.2) is 35.8 Å². The molecule has 0 bridgehead atoms. The minimum Gasteiger partial charge on any atom is -0.486 e. The predicted octanol–water partition coefficient (Wildman–Crippen LogP) is 2.20. The summed E-state index contributed by atoms with van der Waals surface area (Å²) < 4.78 is 23.5. The second kappa shape index (κ2) is 7.09. The Labute approximate surface area is 123 Å². The van der Waals surface area contributed by atoms with E-state index in [0.717, 1.165) is 17.2 Å². The number of hydrogen-bond acceptors (Lipinski definition) is 4. The topological polar surface area (TPSA) is 47.6 Å². The van der Waals surface area contributed by atoms with Crippen molar-refractivity contribution in [3.05, 3.63) is 18.2 Å². The van der Waals surface area contributed by atoms with Crippen LogP contribution in [0.3, 0.4) is 0 Å². The Balaban J connectivity index is 2.08. The number of ether oxygens (including phenoxy) is 2. The first-order valence-electron chi connectivity index (χ1n) is 7.13. The molecule has 0 saturated carbocycles. The van der Waals surface area contributed by atoms with Gasteiger partial charge in [0.25, 0.3) is 0 Å². The van der Waals surface area contributed by atoms with Crippen molar-refractivity contribution in [1.82, 2.24) is 5.32 Å². The highest BCUT2D eigenvalue weighted by atomic mass is 32.2. The lowest BCUT2D eigenvalue weighted by Gasteiger charge is -2.22. The predicted molar refractivity (Wildman–Crippen MR) is 81.0 cm³/mol. The zero-order valence-corrected chi connectivity index (χ0v) is 13.2. The first-order valence-corrected chi connectivity index (χ1v) is 8.45. The minimum atomic E-state index is -1.03. The summed E-state index contributed by atoms with van der Waals surface area (Å²) in [5.74, 6) is 2.51. The van der Waals surface area contributed by atoms with Gasteiger partial charge in [0.1, 0.15) is 13.2 Å². The molecule has 2 atom stereocenters. The second-order valence-electron chi connectivity index (χ2n) is 5.23. The summed E-state index contributed by atoms with van der Waals surface area (Å²) in [4.78, 5) is 0.804. The fourth-order valence-corrected chi connectivity index (χ4v) is 3.65. The van der Waals surface area contributed by atoms with E-state index in [1.54, 1.807) is 0 Å². The van der Waals surface area contributed by atoms with Crippen LogP contribution in [0, 0.1) is 5.92 Å². The molecule has 2 unspecified atom stereocenters. The summed E-state index contributed by atoms with van der Waals surface area (Å²) in [5, 5.41) is 3.40. The van der Waals surface area contributed by atoms with E-state index in [4.69, 9.17) is 9.47 Å². The molecule has 0 saturated heterocycles. The van der Waals surface area contributed by atoms with Gasteiger partial charge in [-0.1, -0.05) is 20.8 Å². The van der Waals surface area contributed by atoms with E-state index in [-0.39, 0.29) is 6.04 Å². The highest BCUT2D eigenvalue weighted by molar-refractivity contribution is 7.85.